The number of ether oxygens (including phenoxy) is 1. The fourth-order valence-electron chi connectivity index (χ4n) is 4.07. The van der Waals surface area contributed by atoms with Crippen LogP contribution in [-0.2, 0) is 24.3 Å². The van der Waals surface area contributed by atoms with Crippen LogP contribution in [0.3, 0.4) is 0 Å². The molecule has 4 rings (SSSR count). The van der Waals surface area contributed by atoms with Crippen LogP contribution in [0, 0.1) is 13.8 Å². The normalized spacial score (nSPS) is 18.9. The molecule has 0 aliphatic carbocycles. The van der Waals surface area contributed by atoms with Crippen molar-refractivity contribution in [2.45, 2.75) is 45.9 Å². The van der Waals surface area contributed by atoms with E-state index in [4.69, 9.17) is 10.5 Å². The highest BCUT2D eigenvalue weighted by molar-refractivity contribution is 5.89. The summed E-state index contributed by atoms with van der Waals surface area (Å²) in [6.07, 6.45) is 2.02. The van der Waals surface area contributed by atoms with Gasteiger partial charge < -0.3 is 20.7 Å². The van der Waals surface area contributed by atoms with E-state index in [0.29, 0.717) is 6.04 Å². The van der Waals surface area contributed by atoms with Crippen LogP contribution in [0.5, 0.6) is 0 Å². The molecule has 1 saturated heterocycles. The lowest BCUT2D eigenvalue weighted by Gasteiger charge is -2.22. The molecule has 0 saturated carbocycles. The molecule has 1 aromatic carbocycles. The number of hydrogen-bond acceptors (Lipinski definition) is 6. The number of nitrogens with one attached hydrogen (secondary N) is 1. The van der Waals surface area contributed by atoms with Crippen molar-refractivity contribution in [2.24, 2.45) is 5.73 Å². The minimum absolute atomic E-state index is 0.0904. The number of anilines is 1. The van der Waals surface area contributed by atoms with Gasteiger partial charge in [-0.15, -0.1) is 0 Å². The molecule has 148 valence electrons. The average molecular weight is 381 g/mol. The summed E-state index contributed by atoms with van der Waals surface area (Å²) in [6, 6.07) is 6.86. The first-order valence-corrected chi connectivity index (χ1v) is 9.83. The molecule has 1 amide bonds. The maximum absolute atomic E-state index is 11.5. The zero-order chi connectivity index (χ0) is 19.7. The number of carbonyl (C=O) groups excluding carboxylic acids is 1. The topological polar surface area (TPSA) is 93.4 Å². The van der Waals surface area contributed by atoms with Crippen LogP contribution < -0.4 is 16.0 Å². The molecule has 0 spiro atoms. The van der Waals surface area contributed by atoms with E-state index >= 15 is 0 Å². The van der Waals surface area contributed by atoms with Crippen LogP contribution in [0.4, 0.5) is 5.82 Å². The van der Waals surface area contributed by atoms with Gasteiger partial charge in [0.1, 0.15) is 5.82 Å². The fraction of sp³-hybridized carbons (Fsp3) is 0.476. The second-order valence-electron chi connectivity index (χ2n) is 7.62. The average Bonchev–Trinajstić information content (AvgIpc) is 3.17. The van der Waals surface area contributed by atoms with Crippen molar-refractivity contribution in [2.75, 3.05) is 24.6 Å². The van der Waals surface area contributed by atoms with Crippen molar-refractivity contribution in [1.29, 1.82) is 0 Å². The van der Waals surface area contributed by atoms with Gasteiger partial charge in [-0.2, -0.15) is 0 Å². The van der Waals surface area contributed by atoms with Gasteiger partial charge in [0.2, 0.25) is 5.82 Å². The molecule has 3 heterocycles. The zero-order valence-corrected chi connectivity index (χ0v) is 16.5. The van der Waals surface area contributed by atoms with Gasteiger partial charge in [0.15, 0.2) is 0 Å². The zero-order valence-electron chi connectivity index (χ0n) is 16.5. The third-order valence-electron chi connectivity index (χ3n) is 5.78. The highest BCUT2D eigenvalue weighted by atomic mass is 16.5. The minimum atomic E-state index is -0.587. The molecule has 0 radical (unpaired) electrons. The number of aromatic nitrogens is 2. The van der Waals surface area contributed by atoms with Crippen LogP contribution in [0.1, 0.15) is 45.0 Å². The number of rotatable bonds is 5. The minimum Gasteiger partial charge on any atom is -0.376 e. The van der Waals surface area contributed by atoms with Crippen LogP contribution in [0.15, 0.2) is 18.2 Å². The first-order valence-electron chi connectivity index (χ1n) is 9.83. The molecule has 2 aromatic rings. The number of amides is 1. The molecular weight excluding hydrogens is 354 g/mol. The Kier molecular flexibility index (Phi) is 5.28. The summed E-state index contributed by atoms with van der Waals surface area (Å²) in [4.78, 5) is 22.4. The number of fused-ring (bicyclic) bond motifs is 1. The van der Waals surface area contributed by atoms with E-state index in [0.717, 1.165) is 62.8 Å². The Morgan fingerprint density at radius 2 is 2.21 bits per heavy atom. The molecule has 28 heavy (non-hydrogen) atoms. The number of nitrogens with zero attached hydrogens (tertiary/aromatic N) is 3. The van der Waals surface area contributed by atoms with Crippen LogP contribution in [0.2, 0.25) is 0 Å². The summed E-state index contributed by atoms with van der Waals surface area (Å²) in [5, 5.41) is 3.70. The van der Waals surface area contributed by atoms with E-state index < -0.39 is 5.91 Å². The van der Waals surface area contributed by atoms with Crippen molar-refractivity contribution in [3.05, 3.63) is 52.0 Å². The van der Waals surface area contributed by atoms with Crippen molar-refractivity contribution in [1.82, 2.24) is 15.3 Å². The van der Waals surface area contributed by atoms with Crippen molar-refractivity contribution >= 4 is 11.7 Å². The molecule has 1 atom stereocenters. The van der Waals surface area contributed by atoms with Gasteiger partial charge in [-0.05, 0) is 43.4 Å². The second kappa shape index (κ2) is 7.85. The summed E-state index contributed by atoms with van der Waals surface area (Å²) in [7, 11) is 0. The summed E-state index contributed by atoms with van der Waals surface area (Å²) in [5.41, 5.74) is 11.3. The van der Waals surface area contributed by atoms with E-state index in [1.54, 1.807) is 0 Å². The monoisotopic (exact) mass is 381 g/mol. The van der Waals surface area contributed by atoms with Gasteiger partial charge in [0.25, 0.3) is 5.91 Å². The highest BCUT2D eigenvalue weighted by Gasteiger charge is 2.26. The predicted molar refractivity (Wildman–Crippen MR) is 107 cm³/mol. The SMILES string of the molecule is Cc1nc(C(N)=O)nc(N2CC[C@@H](NCc3cccc4c3CCOC4)C2)c1C. The third-order valence-corrected chi connectivity index (χ3v) is 5.78. The molecule has 2 aliphatic rings. The van der Waals surface area contributed by atoms with Gasteiger partial charge in [-0.1, -0.05) is 18.2 Å². The summed E-state index contributed by atoms with van der Waals surface area (Å²) in [6.45, 7) is 8.01. The summed E-state index contributed by atoms with van der Waals surface area (Å²) >= 11 is 0. The Balaban J connectivity index is 1.44. The smallest absolute Gasteiger partial charge is 0.286 e. The number of primary amides is 1. The molecule has 1 aromatic heterocycles. The van der Waals surface area contributed by atoms with E-state index in [1.165, 1.54) is 16.7 Å². The van der Waals surface area contributed by atoms with Crippen LogP contribution >= 0.6 is 0 Å². The summed E-state index contributed by atoms with van der Waals surface area (Å²) in [5.74, 6) is 0.323. The lowest BCUT2D eigenvalue weighted by molar-refractivity contribution is 0.0990. The van der Waals surface area contributed by atoms with E-state index in [2.05, 4.69) is 38.4 Å². The quantitative estimate of drug-likeness (QED) is 0.818. The van der Waals surface area contributed by atoms with Crippen molar-refractivity contribution < 1.29 is 9.53 Å². The molecule has 7 nitrogen and oxygen atoms in total. The number of carbonyl (C=O) groups is 1. The third kappa shape index (κ3) is 3.72. The Morgan fingerprint density at radius 1 is 1.36 bits per heavy atom. The molecule has 1 fully saturated rings. The van der Waals surface area contributed by atoms with Gasteiger partial charge >= 0.3 is 0 Å². The lowest BCUT2D eigenvalue weighted by Crippen LogP contribution is -2.33. The van der Waals surface area contributed by atoms with E-state index in [9.17, 15) is 4.79 Å². The maximum Gasteiger partial charge on any atom is 0.286 e. The molecule has 0 unspecified atom stereocenters. The highest BCUT2D eigenvalue weighted by Crippen LogP contribution is 2.25. The van der Waals surface area contributed by atoms with Crippen molar-refractivity contribution in [3.8, 4) is 0 Å². The van der Waals surface area contributed by atoms with Crippen molar-refractivity contribution in [3.63, 3.8) is 0 Å². The maximum atomic E-state index is 11.5. The number of benzene rings is 1. The van der Waals surface area contributed by atoms with Crippen LogP contribution in [-0.4, -0.2) is 41.6 Å². The summed E-state index contributed by atoms with van der Waals surface area (Å²) < 4.78 is 5.57. The van der Waals surface area contributed by atoms with Crippen LogP contribution in [0.25, 0.3) is 0 Å². The predicted octanol–water partition coefficient (Wildman–Crippen LogP) is 1.63. The number of nitrogens with two attached hydrogens (primary N) is 1. The molecular formula is C21H27N5O2. The molecule has 2 aliphatic heterocycles. The van der Waals surface area contributed by atoms with E-state index in [-0.39, 0.29) is 5.82 Å². The standard InChI is InChI=1S/C21H27N5O2/c1-13-14(2)24-20(19(22)27)25-21(13)26-8-6-17(11-26)23-10-15-4-3-5-16-12-28-9-7-18(15)16/h3-5,17,23H,6-12H2,1-2H3,(H2,22,27)/t17-/m1/s1. The van der Waals surface area contributed by atoms with Gasteiger partial charge in [-0.25, -0.2) is 9.97 Å². The molecule has 0 bridgehead atoms. The first kappa shape index (κ1) is 18.8. The van der Waals surface area contributed by atoms with E-state index in [1.807, 2.05) is 13.8 Å². The molecule has 7 heteroatoms. The number of hydrogen-bond donors (Lipinski definition) is 2. The largest absolute Gasteiger partial charge is 0.376 e. The number of aryl methyl sites for hydroxylation is 1. The fourth-order valence-corrected chi connectivity index (χ4v) is 4.07. The Hall–Kier alpha value is -2.51. The second-order valence-corrected chi connectivity index (χ2v) is 7.62. The Morgan fingerprint density at radius 3 is 3.04 bits per heavy atom. The molecule has 3 N–H and O–H groups in total. The Labute approximate surface area is 165 Å². The first-order chi connectivity index (χ1) is 13.5. The van der Waals surface area contributed by atoms with Gasteiger partial charge in [0.05, 0.1) is 13.2 Å². The van der Waals surface area contributed by atoms with Gasteiger partial charge in [0, 0.05) is 36.9 Å². The lowest BCUT2D eigenvalue weighted by atomic mass is 9.97. The van der Waals surface area contributed by atoms with Gasteiger partial charge in [-0.3, -0.25) is 4.79 Å². The Bertz CT molecular complexity index is 899.